The lowest BCUT2D eigenvalue weighted by atomic mass is 10.1. The molecule has 0 unspecified atom stereocenters. The van der Waals surface area contributed by atoms with Crippen LogP contribution in [-0.2, 0) is 19.3 Å². The summed E-state index contributed by atoms with van der Waals surface area (Å²) >= 11 is 0. The van der Waals surface area contributed by atoms with E-state index < -0.39 is 0 Å². The van der Waals surface area contributed by atoms with Gasteiger partial charge in [0, 0.05) is 11.3 Å². The van der Waals surface area contributed by atoms with Crippen molar-refractivity contribution in [1.29, 1.82) is 0 Å². The quantitative estimate of drug-likeness (QED) is 0.721. The maximum Gasteiger partial charge on any atom is 0.276 e. The van der Waals surface area contributed by atoms with Gasteiger partial charge in [0.25, 0.3) is 5.91 Å². The Morgan fingerprint density at radius 3 is 2.63 bits per heavy atom. The molecule has 2 heterocycles. The third-order valence-corrected chi connectivity index (χ3v) is 4.78. The maximum atomic E-state index is 12.8. The van der Waals surface area contributed by atoms with Crippen LogP contribution in [-0.4, -0.2) is 20.7 Å². The molecule has 7 heteroatoms. The van der Waals surface area contributed by atoms with E-state index in [0.717, 1.165) is 42.6 Å². The smallest absolute Gasteiger partial charge is 0.276 e. The van der Waals surface area contributed by atoms with E-state index in [-0.39, 0.29) is 18.3 Å². The van der Waals surface area contributed by atoms with Crippen molar-refractivity contribution >= 4 is 29.8 Å². The predicted octanol–water partition coefficient (Wildman–Crippen LogP) is 3.57. The molecule has 6 nitrogen and oxygen atoms in total. The number of benzene rings is 1. The zero-order valence-corrected chi connectivity index (χ0v) is 15.9. The van der Waals surface area contributed by atoms with Gasteiger partial charge in [0.15, 0.2) is 5.69 Å². The number of nitrogen functional groups attached to an aromatic ring is 1. The Morgan fingerprint density at radius 1 is 1.19 bits per heavy atom. The van der Waals surface area contributed by atoms with Crippen LogP contribution in [0.4, 0.5) is 11.5 Å². The number of pyridine rings is 1. The van der Waals surface area contributed by atoms with Crippen molar-refractivity contribution < 1.29 is 4.79 Å². The van der Waals surface area contributed by atoms with Crippen molar-refractivity contribution in [3.05, 3.63) is 65.1 Å². The van der Waals surface area contributed by atoms with Crippen LogP contribution < -0.4 is 11.1 Å². The molecule has 0 bridgehead atoms. The lowest BCUT2D eigenvalue weighted by molar-refractivity contribution is 0.102. The van der Waals surface area contributed by atoms with Crippen LogP contribution in [0.15, 0.2) is 42.6 Å². The molecular formula is C20H22ClN5O. The van der Waals surface area contributed by atoms with Gasteiger partial charge in [-0.3, -0.25) is 4.79 Å². The minimum absolute atomic E-state index is 0. The fraction of sp³-hybridized carbons (Fsp3) is 0.250. The molecular weight excluding hydrogens is 362 g/mol. The number of aromatic nitrogens is 3. The molecule has 0 saturated carbocycles. The summed E-state index contributed by atoms with van der Waals surface area (Å²) < 4.78 is 1.91. The second kappa shape index (κ2) is 7.80. The standard InChI is InChI=1S/C20H21N5O.ClH/c1-2-13-6-9-15(10-7-13)25-17-5-3-4-16(17)19(24-25)20(26)23-14-8-11-18(21)22-12-14;/h6-12H,2-5H2,1H3,(H2,21,22)(H,23,26);1H. The third kappa shape index (κ3) is 3.66. The summed E-state index contributed by atoms with van der Waals surface area (Å²) in [5.74, 6) is 0.211. The van der Waals surface area contributed by atoms with Gasteiger partial charge in [0.1, 0.15) is 5.82 Å². The monoisotopic (exact) mass is 383 g/mol. The number of carbonyl (C=O) groups is 1. The molecule has 1 aliphatic rings. The van der Waals surface area contributed by atoms with E-state index in [9.17, 15) is 4.79 Å². The third-order valence-electron chi connectivity index (χ3n) is 4.78. The van der Waals surface area contributed by atoms with Crippen LogP contribution in [0.25, 0.3) is 5.69 Å². The Balaban J connectivity index is 0.00000210. The lowest BCUT2D eigenvalue weighted by Gasteiger charge is -2.06. The number of rotatable bonds is 4. The number of halogens is 1. The number of fused-ring (bicyclic) bond motifs is 1. The average Bonchev–Trinajstić information content (AvgIpc) is 3.26. The highest BCUT2D eigenvalue weighted by Gasteiger charge is 2.27. The summed E-state index contributed by atoms with van der Waals surface area (Å²) in [5.41, 5.74) is 11.2. The summed E-state index contributed by atoms with van der Waals surface area (Å²) in [4.78, 5) is 16.8. The first-order valence-electron chi connectivity index (χ1n) is 8.88. The number of aryl methyl sites for hydroxylation is 1. The molecule has 140 valence electrons. The zero-order valence-electron chi connectivity index (χ0n) is 15.1. The number of amides is 1. The first-order valence-corrected chi connectivity index (χ1v) is 8.88. The van der Waals surface area contributed by atoms with Gasteiger partial charge in [-0.2, -0.15) is 5.10 Å². The molecule has 0 atom stereocenters. The van der Waals surface area contributed by atoms with Crippen LogP contribution in [0.1, 0.15) is 40.7 Å². The molecule has 1 amide bonds. The van der Waals surface area contributed by atoms with Gasteiger partial charge in [-0.25, -0.2) is 9.67 Å². The summed E-state index contributed by atoms with van der Waals surface area (Å²) in [5, 5.41) is 7.50. The normalized spacial score (nSPS) is 12.3. The van der Waals surface area contributed by atoms with Crippen LogP contribution >= 0.6 is 12.4 Å². The molecule has 1 aromatic carbocycles. The summed E-state index contributed by atoms with van der Waals surface area (Å²) in [6, 6.07) is 11.7. The minimum atomic E-state index is -0.210. The van der Waals surface area contributed by atoms with Gasteiger partial charge in [0.2, 0.25) is 0 Å². The number of nitrogens with two attached hydrogens (primary N) is 1. The molecule has 0 aliphatic heterocycles. The molecule has 4 rings (SSSR count). The Hall–Kier alpha value is -2.86. The largest absolute Gasteiger partial charge is 0.384 e. The van der Waals surface area contributed by atoms with Gasteiger partial charge >= 0.3 is 0 Å². The van der Waals surface area contributed by atoms with Crippen molar-refractivity contribution in [1.82, 2.24) is 14.8 Å². The predicted molar refractivity (Wildman–Crippen MR) is 109 cm³/mol. The Morgan fingerprint density at radius 2 is 1.96 bits per heavy atom. The SMILES string of the molecule is CCc1ccc(-n2nc(C(=O)Nc3ccc(N)nc3)c3c2CCC3)cc1.Cl. The number of nitrogens with one attached hydrogen (secondary N) is 1. The number of anilines is 2. The van der Waals surface area contributed by atoms with E-state index in [1.165, 1.54) is 5.56 Å². The summed E-state index contributed by atoms with van der Waals surface area (Å²) in [7, 11) is 0. The van der Waals surface area contributed by atoms with Crippen molar-refractivity contribution in [2.24, 2.45) is 0 Å². The van der Waals surface area contributed by atoms with Crippen molar-refractivity contribution in [2.45, 2.75) is 32.6 Å². The molecule has 0 radical (unpaired) electrons. The second-order valence-corrected chi connectivity index (χ2v) is 6.49. The fourth-order valence-electron chi connectivity index (χ4n) is 3.38. The summed E-state index contributed by atoms with van der Waals surface area (Å²) in [6.07, 6.45) is 5.42. The molecule has 1 aliphatic carbocycles. The second-order valence-electron chi connectivity index (χ2n) is 6.49. The number of hydrogen-bond acceptors (Lipinski definition) is 4. The van der Waals surface area contributed by atoms with Gasteiger partial charge in [0.05, 0.1) is 17.6 Å². The number of hydrogen-bond donors (Lipinski definition) is 2. The highest BCUT2D eigenvalue weighted by atomic mass is 35.5. The number of nitrogens with zero attached hydrogens (tertiary/aromatic N) is 3. The van der Waals surface area contributed by atoms with Crippen molar-refractivity contribution in [3.8, 4) is 5.69 Å². The first-order chi connectivity index (χ1) is 12.7. The minimum Gasteiger partial charge on any atom is -0.384 e. The van der Waals surface area contributed by atoms with Crippen LogP contribution in [0.5, 0.6) is 0 Å². The van der Waals surface area contributed by atoms with Crippen molar-refractivity contribution in [3.63, 3.8) is 0 Å². The van der Waals surface area contributed by atoms with E-state index in [1.54, 1.807) is 18.3 Å². The van der Waals surface area contributed by atoms with Gasteiger partial charge in [-0.05, 0) is 55.5 Å². The molecule has 3 N–H and O–H groups in total. The van der Waals surface area contributed by atoms with Crippen LogP contribution in [0.3, 0.4) is 0 Å². The molecule has 0 saturated heterocycles. The summed E-state index contributed by atoms with van der Waals surface area (Å²) in [6.45, 7) is 2.13. The Labute approximate surface area is 164 Å². The lowest BCUT2D eigenvalue weighted by Crippen LogP contribution is -2.15. The van der Waals surface area contributed by atoms with E-state index in [4.69, 9.17) is 5.73 Å². The van der Waals surface area contributed by atoms with Gasteiger partial charge < -0.3 is 11.1 Å². The fourth-order valence-corrected chi connectivity index (χ4v) is 3.38. The van der Waals surface area contributed by atoms with Crippen molar-refractivity contribution in [2.75, 3.05) is 11.1 Å². The zero-order chi connectivity index (χ0) is 18.1. The van der Waals surface area contributed by atoms with E-state index in [0.29, 0.717) is 17.2 Å². The van der Waals surface area contributed by atoms with E-state index >= 15 is 0 Å². The highest BCUT2D eigenvalue weighted by Crippen LogP contribution is 2.28. The Bertz CT molecular complexity index is 948. The molecule has 2 aromatic heterocycles. The molecule has 3 aromatic rings. The first kappa shape index (κ1) is 18.9. The molecule has 27 heavy (non-hydrogen) atoms. The Kier molecular flexibility index (Phi) is 5.46. The maximum absolute atomic E-state index is 12.8. The number of carbonyl (C=O) groups excluding carboxylic acids is 1. The van der Waals surface area contributed by atoms with Crippen LogP contribution in [0, 0.1) is 0 Å². The van der Waals surface area contributed by atoms with Crippen LogP contribution in [0.2, 0.25) is 0 Å². The van der Waals surface area contributed by atoms with Gasteiger partial charge in [-0.15, -0.1) is 12.4 Å². The average molecular weight is 384 g/mol. The molecule has 0 spiro atoms. The van der Waals surface area contributed by atoms with Gasteiger partial charge in [-0.1, -0.05) is 19.1 Å². The highest BCUT2D eigenvalue weighted by molar-refractivity contribution is 6.04. The van der Waals surface area contributed by atoms with E-state index in [1.807, 2.05) is 4.68 Å². The topological polar surface area (TPSA) is 85.8 Å². The molecule has 0 fully saturated rings. The van der Waals surface area contributed by atoms with E-state index in [2.05, 4.69) is 46.6 Å².